The van der Waals surface area contributed by atoms with E-state index < -0.39 is 17.2 Å². The van der Waals surface area contributed by atoms with Crippen molar-refractivity contribution in [1.82, 2.24) is 9.69 Å². The van der Waals surface area contributed by atoms with Gasteiger partial charge in [0.2, 0.25) is 5.78 Å². The Labute approximate surface area is 111 Å². The number of rotatable bonds is 3. The molecule has 1 heterocycles. The summed E-state index contributed by atoms with van der Waals surface area (Å²) in [6.45, 7) is 8.54. The van der Waals surface area contributed by atoms with Gasteiger partial charge in [-0.1, -0.05) is 0 Å². The molecule has 0 aliphatic rings. The maximum atomic E-state index is 12.1. The van der Waals surface area contributed by atoms with Gasteiger partial charge in [0.25, 0.3) is 0 Å². The zero-order chi connectivity index (χ0) is 14.0. The number of alkyl carbamates (subject to hydrolysis) is 1. The number of ketones is 1. The predicted octanol–water partition coefficient (Wildman–Crippen LogP) is 2.63. The summed E-state index contributed by atoms with van der Waals surface area (Å²) in [5.41, 5.74) is -1.29. The van der Waals surface area contributed by atoms with Crippen LogP contribution in [0.25, 0.3) is 0 Å². The summed E-state index contributed by atoms with van der Waals surface area (Å²) in [6.07, 6.45) is -0.615. The smallest absolute Gasteiger partial charge is 0.408 e. The molecule has 0 fully saturated rings. The van der Waals surface area contributed by atoms with Crippen molar-refractivity contribution in [3.05, 3.63) is 17.1 Å². The molecule has 0 unspecified atom stereocenters. The van der Waals surface area contributed by atoms with Crippen molar-refractivity contribution in [2.45, 2.75) is 45.8 Å². The van der Waals surface area contributed by atoms with Gasteiger partial charge in [-0.05, 0) is 52.2 Å². The number of carbonyl (C=O) groups is 2. The number of Topliss-reactive ketones (excluding diaryl/α,β-unsaturated/α-hetero) is 1. The Bertz CT molecular complexity index is 433. The molecule has 0 radical (unpaired) electrons. The molecule has 0 bridgehead atoms. The maximum Gasteiger partial charge on any atom is 0.408 e. The monoisotopic (exact) mass is 270 g/mol. The van der Waals surface area contributed by atoms with Gasteiger partial charge >= 0.3 is 6.09 Å². The third-order valence-corrected chi connectivity index (χ3v) is 2.61. The van der Waals surface area contributed by atoms with Gasteiger partial charge < -0.3 is 10.1 Å². The fraction of sp³-hybridized carbons (Fsp3) is 0.583. The largest absolute Gasteiger partial charge is 0.444 e. The van der Waals surface area contributed by atoms with E-state index in [4.69, 9.17) is 4.74 Å². The van der Waals surface area contributed by atoms with Gasteiger partial charge in [-0.2, -0.15) is 4.37 Å². The molecule has 1 rings (SSSR count). The molecule has 0 atom stereocenters. The second kappa shape index (κ2) is 5.06. The van der Waals surface area contributed by atoms with Crippen LogP contribution in [0, 0.1) is 0 Å². The number of nitrogens with one attached hydrogen (secondary N) is 1. The fourth-order valence-corrected chi connectivity index (χ4v) is 1.77. The Hall–Kier alpha value is -1.43. The summed E-state index contributed by atoms with van der Waals surface area (Å²) in [6, 6.07) is 1.63. The van der Waals surface area contributed by atoms with E-state index in [1.54, 1.807) is 46.1 Å². The van der Waals surface area contributed by atoms with Crippen LogP contribution in [-0.4, -0.2) is 27.4 Å². The molecule has 5 nitrogen and oxygen atoms in total. The van der Waals surface area contributed by atoms with E-state index in [1.165, 1.54) is 11.5 Å². The lowest BCUT2D eigenvalue weighted by Crippen LogP contribution is -2.51. The highest BCUT2D eigenvalue weighted by Gasteiger charge is 2.33. The third kappa shape index (κ3) is 4.10. The molecule has 0 aromatic carbocycles. The predicted molar refractivity (Wildman–Crippen MR) is 69.9 cm³/mol. The highest BCUT2D eigenvalue weighted by atomic mass is 32.1. The number of carbonyl (C=O) groups excluding carboxylic acids is 2. The Kier molecular flexibility index (Phi) is 4.11. The van der Waals surface area contributed by atoms with E-state index in [1.807, 2.05) is 0 Å². The first-order valence-corrected chi connectivity index (χ1v) is 6.42. The normalized spacial score (nSPS) is 12.1. The molecule has 6 heteroatoms. The van der Waals surface area contributed by atoms with Crippen molar-refractivity contribution < 1.29 is 14.3 Å². The Morgan fingerprint density at radius 2 is 1.89 bits per heavy atom. The summed E-state index contributed by atoms with van der Waals surface area (Å²) < 4.78 is 9.09. The van der Waals surface area contributed by atoms with Crippen LogP contribution in [0.1, 0.15) is 45.1 Å². The van der Waals surface area contributed by atoms with E-state index in [0.29, 0.717) is 5.69 Å². The molecule has 1 aromatic rings. The average Bonchev–Trinajstić information content (AvgIpc) is 2.64. The maximum absolute atomic E-state index is 12.1. The minimum Gasteiger partial charge on any atom is -0.444 e. The lowest BCUT2D eigenvalue weighted by atomic mass is 9.97. The number of aromatic nitrogens is 1. The summed E-state index contributed by atoms with van der Waals surface area (Å²) >= 11 is 1.20. The van der Waals surface area contributed by atoms with Gasteiger partial charge in [-0.15, -0.1) is 0 Å². The van der Waals surface area contributed by atoms with Crippen molar-refractivity contribution in [3.63, 3.8) is 0 Å². The van der Waals surface area contributed by atoms with Crippen molar-refractivity contribution in [3.8, 4) is 0 Å². The second-order valence-corrected chi connectivity index (χ2v) is 6.13. The fourth-order valence-electron chi connectivity index (χ4n) is 1.27. The number of ether oxygens (including phenoxy) is 1. The number of hydrogen-bond donors (Lipinski definition) is 1. The number of hydrogen-bond acceptors (Lipinski definition) is 5. The van der Waals surface area contributed by atoms with Gasteiger partial charge in [0, 0.05) is 5.38 Å². The van der Waals surface area contributed by atoms with E-state index in [-0.39, 0.29) is 5.78 Å². The van der Waals surface area contributed by atoms with Crippen LogP contribution in [0.5, 0.6) is 0 Å². The van der Waals surface area contributed by atoms with Crippen LogP contribution in [0.15, 0.2) is 11.4 Å². The molecule has 0 spiro atoms. The SMILES string of the molecule is CC(C)(C)OC(=O)NC(C)(C)C(=O)c1ccsn1. The van der Waals surface area contributed by atoms with Crippen molar-refractivity contribution in [1.29, 1.82) is 0 Å². The Morgan fingerprint density at radius 3 is 2.33 bits per heavy atom. The molecule has 1 amide bonds. The minimum absolute atomic E-state index is 0.241. The van der Waals surface area contributed by atoms with Gasteiger partial charge in [0.15, 0.2) is 0 Å². The zero-order valence-electron chi connectivity index (χ0n) is 11.2. The quantitative estimate of drug-likeness (QED) is 0.857. The van der Waals surface area contributed by atoms with Gasteiger partial charge in [0.1, 0.15) is 16.8 Å². The highest BCUT2D eigenvalue weighted by Crippen LogP contribution is 2.14. The summed E-state index contributed by atoms with van der Waals surface area (Å²) in [4.78, 5) is 23.7. The van der Waals surface area contributed by atoms with Crippen molar-refractivity contribution in [2.24, 2.45) is 0 Å². The molecule has 100 valence electrons. The minimum atomic E-state index is -1.05. The molecule has 0 saturated carbocycles. The van der Waals surface area contributed by atoms with Crippen LogP contribution in [0.4, 0.5) is 4.79 Å². The van der Waals surface area contributed by atoms with Crippen LogP contribution >= 0.6 is 11.5 Å². The Morgan fingerprint density at radius 1 is 1.28 bits per heavy atom. The average molecular weight is 270 g/mol. The molecular weight excluding hydrogens is 252 g/mol. The number of nitrogens with zero attached hydrogens (tertiary/aromatic N) is 1. The van der Waals surface area contributed by atoms with Gasteiger partial charge in [-0.25, -0.2) is 4.79 Å². The van der Waals surface area contributed by atoms with Crippen LogP contribution in [-0.2, 0) is 4.74 Å². The molecule has 0 aliphatic heterocycles. The first kappa shape index (κ1) is 14.6. The van der Waals surface area contributed by atoms with Crippen molar-refractivity contribution >= 4 is 23.4 Å². The van der Waals surface area contributed by atoms with Gasteiger partial charge in [-0.3, -0.25) is 4.79 Å². The summed E-state index contributed by atoms with van der Waals surface area (Å²) in [5, 5.41) is 4.27. The first-order chi connectivity index (χ1) is 8.12. The third-order valence-electron chi connectivity index (χ3n) is 2.05. The lowest BCUT2D eigenvalue weighted by Gasteiger charge is -2.26. The molecule has 1 N–H and O–H groups in total. The van der Waals surface area contributed by atoms with Gasteiger partial charge in [0.05, 0.1) is 0 Å². The summed E-state index contributed by atoms with van der Waals surface area (Å²) in [5.74, 6) is -0.241. The van der Waals surface area contributed by atoms with Crippen LogP contribution in [0.2, 0.25) is 0 Å². The Balaban J connectivity index is 2.70. The van der Waals surface area contributed by atoms with E-state index >= 15 is 0 Å². The topological polar surface area (TPSA) is 68.3 Å². The molecular formula is C12H18N2O3S. The zero-order valence-corrected chi connectivity index (χ0v) is 12.1. The summed E-state index contributed by atoms with van der Waals surface area (Å²) in [7, 11) is 0. The van der Waals surface area contributed by atoms with E-state index in [9.17, 15) is 9.59 Å². The molecule has 0 saturated heterocycles. The standard InChI is InChI=1S/C12H18N2O3S/c1-11(2,3)17-10(16)13-12(4,5)9(15)8-6-7-18-14-8/h6-7H,1-5H3,(H,13,16). The van der Waals surface area contributed by atoms with Crippen LogP contribution < -0.4 is 5.32 Å². The molecule has 18 heavy (non-hydrogen) atoms. The van der Waals surface area contributed by atoms with E-state index in [2.05, 4.69) is 9.69 Å². The highest BCUT2D eigenvalue weighted by molar-refractivity contribution is 7.03. The lowest BCUT2D eigenvalue weighted by molar-refractivity contribution is 0.0454. The van der Waals surface area contributed by atoms with E-state index in [0.717, 1.165) is 0 Å². The first-order valence-electron chi connectivity index (χ1n) is 5.58. The molecule has 1 aromatic heterocycles. The second-order valence-electron chi connectivity index (χ2n) is 5.47. The number of amides is 1. The van der Waals surface area contributed by atoms with Crippen LogP contribution in [0.3, 0.4) is 0 Å². The van der Waals surface area contributed by atoms with Crippen molar-refractivity contribution in [2.75, 3.05) is 0 Å². The molecule has 0 aliphatic carbocycles.